The Hall–Kier alpha value is -0.120. The Morgan fingerprint density at radius 3 is 2.00 bits per heavy atom. The van der Waals surface area contributed by atoms with E-state index in [4.69, 9.17) is 4.74 Å². The van der Waals surface area contributed by atoms with E-state index in [-0.39, 0.29) is 0 Å². The first kappa shape index (κ1) is 16.3. The van der Waals surface area contributed by atoms with Crippen LogP contribution >= 0.6 is 0 Å². The molecule has 1 aliphatic carbocycles. The summed E-state index contributed by atoms with van der Waals surface area (Å²) in [5, 5.41) is 0. The molecule has 0 unspecified atom stereocenters. The van der Waals surface area contributed by atoms with Gasteiger partial charge in [0.2, 0.25) is 0 Å². The summed E-state index contributed by atoms with van der Waals surface area (Å²) < 4.78 is 5.95. The van der Waals surface area contributed by atoms with Crippen molar-refractivity contribution in [1.82, 2.24) is 9.80 Å². The lowest BCUT2D eigenvalue weighted by atomic mass is 9.87. The molecule has 0 N–H and O–H groups in total. The Morgan fingerprint density at radius 2 is 1.50 bits per heavy atom. The third kappa shape index (κ3) is 5.01. The van der Waals surface area contributed by atoms with Crippen molar-refractivity contribution in [3.05, 3.63) is 0 Å². The van der Waals surface area contributed by atoms with E-state index in [2.05, 4.69) is 37.5 Å². The maximum Gasteiger partial charge on any atom is 0.0578 e. The predicted octanol–water partition coefficient (Wildman–Crippen LogP) is 3.00. The molecule has 0 amide bonds. The number of rotatable bonds is 5. The van der Waals surface area contributed by atoms with Gasteiger partial charge in [0.15, 0.2) is 0 Å². The van der Waals surface area contributed by atoms with Crippen LogP contribution in [-0.4, -0.2) is 60.8 Å². The normalized spacial score (nSPS) is 30.3. The molecule has 1 heterocycles. The summed E-state index contributed by atoms with van der Waals surface area (Å²) in [5.41, 5.74) is 0. The smallest absolute Gasteiger partial charge is 0.0578 e. The zero-order chi connectivity index (χ0) is 14.5. The Bertz CT molecular complexity index is 264. The molecule has 0 spiro atoms. The molecule has 2 fully saturated rings. The van der Waals surface area contributed by atoms with Crippen LogP contribution in [0.15, 0.2) is 0 Å². The van der Waals surface area contributed by atoms with Gasteiger partial charge in [-0.1, -0.05) is 0 Å². The van der Waals surface area contributed by atoms with E-state index in [1.165, 1.54) is 58.4 Å². The molecule has 1 saturated carbocycles. The molecule has 2 aliphatic rings. The summed E-state index contributed by atoms with van der Waals surface area (Å²) in [6.45, 7) is 15.3. The monoisotopic (exact) mass is 282 g/mol. The molecule has 1 aliphatic heterocycles. The van der Waals surface area contributed by atoms with Crippen molar-refractivity contribution < 1.29 is 4.74 Å². The van der Waals surface area contributed by atoms with Gasteiger partial charge in [0.1, 0.15) is 0 Å². The van der Waals surface area contributed by atoms with Gasteiger partial charge in [-0.15, -0.1) is 0 Å². The van der Waals surface area contributed by atoms with Gasteiger partial charge < -0.3 is 9.64 Å². The number of nitrogens with zero attached hydrogens (tertiary/aromatic N) is 2. The molecule has 20 heavy (non-hydrogen) atoms. The molecule has 0 bridgehead atoms. The lowest BCUT2D eigenvalue weighted by Crippen LogP contribution is -2.50. The van der Waals surface area contributed by atoms with Gasteiger partial charge in [0.25, 0.3) is 0 Å². The minimum absolute atomic E-state index is 0.390. The van der Waals surface area contributed by atoms with Gasteiger partial charge in [-0.3, -0.25) is 4.90 Å². The molecule has 0 radical (unpaired) electrons. The van der Waals surface area contributed by atoms with Crippen molar-refractivity contribution in [2.75, 3.05) is 32.7 Å². The van der Waals surface area contributed by atoms with Crippen molar-refractivity contribution in [1.29, 1.82) is 0 Å². The molecule has 0 aromatic rings. The van der Waals surface area contributed by atoms with Gasteiger partial charge in [-0.05, 0) is 59.3 Å². The highest BCUT2D eigenvalue weighted by atomic mass is 16.5. The lowest BCUT2D eigenvalue weighted by molar-refractivity contribution is -0.0235. The third-order valence-corrected chi connectivity index (χ3v) is 4.91. The predicted molar refractivity (Wildman–Crippen MR) is 85.1 cm³/mol. The molecular formula is C17H34N2O. The van der Waals surface area contributed by atoms with Crippen LogP contribution in [0.3, 0.4) is 0 Å². The van der Waals surface area contributed by atoms with Gasteiger partial charge >= 0.3 is 0 Å². The number of hydrogen-bond donors (Lipinski definition) is 0. The van der Waals surface area contributed by atoms with Crippen LogP contribution in [0.5, 0.6) is 0 Å². The van der Waals surface area contributed by atoms with Gasteiger partial charge in [-0.2, -0.15) is 0 Å². The summed E-state index contributed by atoms with van der Waals surface area (Å²) in [4.78, 5) is 5.29. The minimum atomic E-state index is 0.390. The van der Waals surface area contributed by atoms with E-state index in [1.807, 2.05) is 0 Å². The van der Waals surface area contributed by atoms with Crippen molar-refractivity contribution in [2.45, 2.75) is 71.6 Å². The Balaban J connectivity index is 1.64. The molecule has 3 nitrogen and oxygen atoms in total. The highest BCUT2D eigenvalue weighted by Crippen LogP contribution is 2.28. The van der Waals surface area contributed by atoms with Crippen LogP contribution in [0.2, 0.25) is 0 Å². The summed E-state index contributed by atoms with van der Waals surface area (Å²) in [6.07, 6.45) is 6.19. The largest absolute Gasteiger partial charge is 0.376 e. The molecule has 1 saturated heterocycles. The highest BCUT2D eigenvalue weighted by Gasteiger charge is 2.26. The minimum Gasteiger partial charge on any atom is -0.376 e. The van der Waals surface area contributed by atoms with Gasteiger partial charge in [-0.25, -0.2) is 0 Å². The lowest BCUT2D eigenvalue weighted by Gasteiger charge is -2.39. The summed E-state index contributed by atoms with van der Waals surface area (Å²) in [5.74, 6) is 0.910. The Morgan fingerprint density at radius 1 is 0.900 bits per heavy atom. The van der Waals surface area contributed by atoms with E-state index in [0.717, 1.165) is 5.92 Å². The highest BCUT2D eigenvalue weighted by molar-refractivity contribution is 4.79. The van der Waals surface area contributed by atoms with E-state index in [0.29, 0.717) is 18.2 Å². The van der Waals surface area contributed by atoms with Crippen LogP contribution in [0, 0.1) is 5.92 Å². The number of piperazine rings is 1. The van der Waals surface area contributed by atoms with E-state index >= 15 is 0 Å². The van der Waals surface area contributed by atoms with Crippen LogP contribution in [-0.2, 0) is 4.74 Å². The fourth-order valence-electron chi connectivity index (χ4n) is 3.66. The van der Waals surface area contributed by atoms with Crippen LogP contribution in [0.4, 0.5) is 0 Å². The topological polar surface area (TPSA) is 15.7 Å². The molecule has 2 rings (SSSR count). The second-order valence-electron chi connectivity index (χ2n) is 7.26. The molecule has 0 aromatic heterocycles. The SMILES string of the molecule is CC(C)OC1CCC(CN2CCN(C(C)C)CC2)CC1. The summed E-state index contributed by atoms with van der Waals surface area (Å²) in [7, 11) is 0. The van der Waals surface area contributed by atoms with E-state index in [1.54, 1.807) is 0 Å². The Labute approximate surface area is 125 Å². The maximum absolute atomic E-state index is 5.95. The number of ether oxygens (including phenoxy) is 1. The van der Waals surface area contributed by atoms with E-state index < -0.39 is 0 Å². The molecular weight excluding hydrogens is 248 g/mol. The summed E-state index contributed by atoms with van der Waals surface area (Å²) >= 11 is 0. The number of hydrogen-bond acceptors (Lipinski definition) is 3. The van der Waals surface area contributed by atoms with Crippen molar-refractivity contribution in [3.63, 3.8) is 0 Å². The fraction of sp³-hybridized carbons (Fsp3) is 1.00. The average Bonchev–Trinajstić information content (AvgIpc) is 2.41. The first-order chi connectivity index (χ1) is 9.54. The first-order valence-corrected chi connectivity index (χ1v) is 8.66. The molecule has 0 atom stereocenters. The second kappa shape index (κ2) is 7.77. The Kier molecular flexibility index (Phi) is 6.31. The zero-order valence-corrected chi connectivity index (χ0v) is 14.0. The molecule has 118 valence electrons. The average molecular weight is 282 g/mol. The zero-order valence-electron chi connectivity index (χ0n) is 14.0. The quantitative estimate of drug-likeness (QED) is 0.771. The third-order valence-electron chi connectivity index (χ3n) is 4.91. The van der Waals surface area contributed by atoms with E-state index in [9.17, 15) is 0 Å². The van der Waals surface area contributed by atoms with Crippen molar-refractivity contribution >= 4 is 0 Å². The first-order valence-electron chi connectivity index (χ1n) is 8.66. The molecule has 0 aromatic carbocycles. The van der Waals surface area contributed by atoms with Crippen LogP contribution < -0.4 is 0 Å². The summed E-state index contributed by atoms with van der Waals surface area (Å²) in [6, 6.07) is 0.709. The van der Waals surface area contributed by atoms with Crippen LogP contribution in [0.25, 0.3) is 0 Å². The van der Waals surface area contributed by atoms with Crippen molar-refractivity contribution in [3.8, 4) is 0 Å². The molecule has 3 heteroatoms. The fourth-order valence-corrected chi connectivity index (χ4v) is 3.66. The van der Waals surface area contributed by atoms with Crippen LogP contribution in [0.1, 0.15) is 53.4 Å². The standard InChI is InChI=1S/C17H34N2O/c1-14(2)19-11-9-18(10-12-19)13-16-5-7-17(8-6-16)20-15(3)4/h14-17H,5-13H2,1-4H3. The maximum atomic E-state index is 5.95. The van der Waals surface area contributed by atoms with Gasteiger partial charge in [0, 0.05) is 38.8 Å². The van der Waals surface area contributed by atoms with Gasteiger partial charge in [0.05, 0.1) is 12.2 Å². The van der Waals surface area contributed by atoms with Crippen molar-refractivity contribution in [2.24, 2.45) is 5.92 Å². The second-order valence-corrected chi connectivity index (χ2v) is 7.26.